The van der Waals surface area contributed by atoms with Gasteiger partial charge in [0.25, 0.3) is 11.8 Å². The van der Waals surface area contributed by atoms with Crippen molar-refractivity contribution in [3.63, 3.8) is 0 Å². The predicted octanol–water partition coefficient (Wildman–Crippen LogP) is 5.78. The van der Waals surface area contributed by atoms with Crippen LogP contribution in [0.1, 0.15) is 20.7 Å². The molecule has 4 aromatic rings. The van der Waals surface area contributed by atoms with Crippen LogP contribution in [0.3, 0.4) is 0 Å². The third-order valence-corrected chi connectivity index (χ3v) is 6.82. The van der Waals surface area contributed by atoms with Gasteiger partial charge in [-0.2, -0.15) is 0 Å². The Morgan fingerprint density at radius 2 is 1.03 bits per heavy atom. The molecule has 0 atom stereocenters. The molecule has 0 aliphatic carbocycles. The minimum Gasteiger partial charge on any atom is -0.321 e. The Bertz CT molecular complexity index is 1120. The van der Waals surface area contributed by atoms with Gasteiger partial charge in [-0.3, -0.25) is 19.6 Å². The molecule has 32 heavy (non-hydrogen) atoms. The molecule has 2 aromatic heterocycles. The topological polar surface area (TPSA) is 84.0 Å². The van der Waals surface area contributed by atoms with Gasteiger partial charge < -0.3 is 10.6 Å². The lowest BCUT2D eigenvalue weighted by Gasteiger charge is -2.12. The Hall–Kier alpha value is -3.62. The summed E-state index contributed by atoms with van der Waals surface area (Å²) >= 11 is 0. The third kappa shape index (κ3) is 5.54. The summed E-state index contributed by atoms with van der Waals surface area (Å²) in [6.07, 6.45) is 6.31. The zero-order valence-electron chi connectivity index (χ0n) is 16.8. The van der Waals surface area contributed by atoms with Crippen molar-refractivity contribution in [1.82, 2.24) is 9.97 Å². The SMILES string of the molecule is O=C(Nc1ccccc1SSc1ccccc1NC(=O)c1cccnc1)c1cccnc1. The monoisotopic (exact) mass is 458 g/mol. The van der Waals surface area contributed by atoms with Crippen molar-refractivity contribution in [2.75, 3.05) is 10.6 Å². The molecule has 0 aliphatic heterocycles. The van der Waals surface area contributed by atoms with E-state index in [-0.39, 0.29) is 11.8 Å². The quantitative estimate of drug-likeness (QED) is 0.342. The van der Waals surface area contributed by atoms with Gasteiger partial charge in [0.15, 0.2) is 0 Å². The Morgan fingerprint density at radius 3 is 1.44 bits per heavy atom. The molecule has 2 amide bonds. The van der Waals surface area contributed by atoms with Gasteiger partial charge in [0.1, 0.15) is 0 Å². The number of nitrogens with zero attached hydrogens (tertiary/aromatic N) is 2. The van der Waals surface area contributed by atoms with Gasteiger partial charge in [0, 0.05) is 34.6 Å². The van der Waals surface area contributed by atoms with Crippen LogP contribution in [0.15, 0.2) is 107 Å². The second kappa shape index (κ2) is 10.6. The van der Waals surface area contributed by atoms with Crippen LogP contribution in [-0.4, -0.2) is 21.8 Å². The lowest BCUT2D eigenvalue weighted by molar-refractivity contribution is 0.101. The number of hydrogen-bond donors (Lipinski definition) is 2. The normalized spacial score (nSPS) is 10.4. The summed E-state index contributed by atoms with van der Waals surface area (Å²) < 4.78 is 0. The minimum absolute atomic E-state index is 0.222. The summed E-state index contributed by atoms with van der Waals surface area (Å²) in [5.74, 6) is -0.444. The Kier molecular flexibility index (Phi) is 7.16. The van der Waals surface area contributed by atoms with Crippen molar-refractivity contribution in [2.24, 2.45) is 0 Å². The molecule has 2 aromatic carbocycles. The number of aromatic nitrogens is 2. The number of nitrogens with one attached hydrogen (secondary N) is 2. The average Bonchev–Trinajstić information content (AvgIpc) is 2.85. The number of amides is 2. The molecule has 6 nitrogen and oxygen atoms in total. The molecular weight excluding hydrogens is 440 g/mol. The van der Waals surface area contributed by atoms with Gasteiger partial charge in [-0.25, -0.2) is 0 Å². The number of carbonyl (C=O) groups is 2. The summed E-state index contributed by atoms with van der Waals surface area (Å²) in [5, 5.41) is 5.88. The lowest BCUT2D eigenvalue weighted by Crippen LogP contribution is -2.12. The van der Waals surface area contributed by atoms with Crippen LogP contribution in [-0.2, 0) is 0 Å². The maximum Gasteiger partial charge on any atom is 0.257 e. The number of rotatable bonds is 7. The van der Waals surface area contributed by atoms with E-state index in [1.54, 1.807) is 36.7 Å². The first kappa shape index (κ1) is 21.6. The van der Waals surface area contributed by atoms with E-state index in [2.05, 4.69) is 20.6 Å². The third-order valence-electron chi connectivity index (χ3n) is 4.34. The van der Waals surface area contributed by atoms with E-state index in [0.29, 0.717) is 22.5 Å². The highest BCUT2D eigenvalue weighted by Gasteiger charge is 2.13. The van der Waals surface area contributed by atoms with Crippen LogP contribution in [0.5, 0.6) is 0 Å². The van der Waals surface area contributed by atoms with E-state index < -0.39 is 0 Å². The summed E-state index contributed by atoms with van der Waals surface area (Å²) in [6.45, 7) is 0. The zero-order chi connectivity index (χ0) is 22.2. The van der Waals surface area contributed by atoms with Crippen LogP contribution in [0, 0.1) is 0 Å². The second-order valence-electron chi connectivity index (χ2n) is 6.55. The van der Waals surface area contributed by atoms with Crippen LogP contribution in [0.25, 0.3) is 0 Å². The van der Waals surface area contributed by atoms with Crippen molar-refractivity contribution in [1.29, 1.82) is 0 Å². The smallest absolute Gasteiger partial charge is 0.257 e. The number of para-hydroxylation sites is 2. The molecule has 0 radical (unpaired) electrons. The Morgan fingerprint density at radius 1 is 0.594 bits per heavy atom. The molecule has 0 saturated heterocycles. The van der Waals surface area contributed by atoms with Gasteiger partial charge in [0.05, 0.1) is 22.5 Å². The van der Waals surface area contributed by atoms with Crippen molar-refractivity contribution < 1.29 is 9.59 Å². The number of benzene rings is 2. The molecule has 158 valence electrons. The van der Waals surface area contributed by atoms with E-state index in [0.717, 1.165) is 9.79 Å². The summed E-state index contributed by atoms with van der Waals surface area (Å²) in [5.41, 5.74) is 2.39. The van der Waals surface area contributed by atoms with E-state index in [1.165, 1.54) is 34.0 Å². The fourth-order valence-electron chi connectivity index (χ4n) is 2.76. The Balaban J connectivity index is 1.47. The van der Waals surface area contributed by atoms with Gasteiger partial charge >= 0.3 is 0 Å². The molecule has 0 unspecified atom stereocenters. The van der Waals surface area contributed by atoms with Gasteiger partial charge in [-0.15, -0.1) is 0 Å². The van der Waals surface area contributed by atoms with Crippen molar-refractivity contribution in [3.05, 3.63) is 109 Å². The molecule has 0 fully saturated rings. The number of carbonyl (C=O) groups excluding carboxylic acids is 2. The van der Waals surface area contributed by atoms with Gasteiger partial charge in [-0.1, -0.05) is 45.9 Å². The van der Waals surface area contributed by atoms with Crippen molar-refractivity contribution >= 4 is 44.8 Å². The van der Waals surface area contributed by atoms with Crippen molar-refractivity contribution in [3.8, 4) is 0 Å². The molecule has 4 rings (SSSR count). The van der Waals surface area contributed by atoms with E-state index in [9.17, 15) is 9.59 Å². The largest absolute Gasteiger partial charge is 0.321 e. The average molecular weight is 459 g/mol. The molecule has 0 spiro atoms. The minimum atomic E-state index is -0.222. The number of pyridine rings is 2. The van der Waals surface area contributed by atoms with E-state index in [4.69, 9.17) is 0 Å². The van der Waals surface area contributed by atoms with Crippen LogP contribution < -0.4 is 10.6 Å². The molecule has 0 bridgehead atoms. The lowest BCUT2D eigenvalue weighted by atomic mass is 10.2. The van der Waals surface area contributed by atoms with Crippen LogP contribution in [0.4, 0.5) is 11.4 Å². The first-order valence-electron chi connectivity index (χ1n) is 9.66. The number of anilines is 2. The highest BCUT2D eigenvalue weighted by Crippen LogP contribution is 2.43. The molecule has 2 heterocycles. The predicted molar refractivity (Wildman–Crippen MR) is 129 cm³/mol. The summed E-state index contributed by atoms with van der Waals surface area (Å²) in [7, 11) is 2.99. The zero-order valence-corrected chi connectivity index (χ0v) is 18.4. The molecule has 0 aliphatic rings. The van der Waals surface area contributed by atoms with E-state index in [1.807, 2.05) is 48.5 Å². The summed E-state index contributed by atoms with van der Waals surface area (Å²) in [4.78, 5) is 34.8. The van der Waals surface area contributed by atoms with Crippen LogP contribution in [0.2, 0.25) is 0 Å². The van der Waals surface area contributed by atoms with Crippen molar-refractivity contribution in [2.45, 2.75) is 9.79 Å². The molecule has 2 N–H and O–H groups in total. The second-order valence-corrected chi connectivity index (χ2v) is 8.76. The van der Waals surface area contributed by atoms with E-state index >= 15 is 0 Å². The molecular formula is C24H18N4O2S2. The molecule has 8 heteroatoms. The fraction of sp³-hybridized carbons (Fsp3) is 0. The first-order valence-corrected chi connectivity index (χ1v) is 11.8. The highest BCUT2D eigenvalue weighted by molar-refractivity contribution is 8.76. The van der Waals surface area contributed by atoms with Crippen LogP contribution >= 0.6 is 21.6 Å². The molecule has 0 saturated carbocycles. The highest BCUT2D eigenvalue weighted by atomic mass is 33.1. The van der Waals surface area contributed by atoms with Gasteiger partial charge in [0.2, 0.25) is 0 Å². The first-order chi connectivity index (χ1) is 15.7. The number of hydrogen-bond acceptors (Lipinski definition) is 6. The Labute approximate surface area is 193 Å². The summed E-state index contributed by atoms with van der Waals surface area (Å²) in [6, 6.07) is 22.0. The maximum absolute atomic E-state index is 12.5. The maximum atomic E-state index is 12.5. The van der Waals surface area contributed by atoms with Gasteiger partial charge in [-0.05, 0) is 48.5 Å². The standard InChI is InChI=1S/C24H18N4O2S2/c29-23(17-7-5-13-25-15-17)27-19-9-1-3-11-21(19)31-32-22-12-4-2-10-20(22)28-24(30)18-8-6-14-26-16-18/h1-16H,(H,27,29)(H,28,30). The fourth-order valence-corrected chi connectivity index (χ4v) is 5.03.